The number of hydrogen-bond acceptors (Lipinski definition) is 6. The molecule has 0 aliphatic heterocycles. The maximum atomic E-state index is 9.12. The van der Waals surface area contributed by atoms with Crippen molar-refractivity contribution in [3.63, 3.8) is 0 Å². The van der Waals surface area contributed by atoms with E-state index in [2.05, 4.69) is 0 Å². The van der Waals surface area contributed by atoms with Gasteiger partial charge in [0.05, 0.1) is 0 Å². The summed E-state index contributed by atoms with van der Waals surface area (Å²) >= 11 is -4.53. The van der Waals surface area contributed by atoms with Crippen molar-refractivity contribution in [1.82, 2.24) is 0 Å². The largest absolute Gasteiger partial charge is 2.00 e. The van der Waals surface area contributed by atoms with Crippen molar-refractivity contribution >= 4 is 45.2 Å². The van der Waals surface area contributed by atoms with Gasteiger partial charge in [-0.2, -0.15) is 0 Å². The Morgan fingerprint density at radius 3 is 1.09 bits per heavy atom. The van der Waals surface area contributed by atoms with Gasteiger partial charge < -0.3 is 19.3 Å². The van der Waals surface area contributed by atoms with E-state index in [1.54, 1.807) is 0 Å². The average Bonchev–Trinajstić information content (AvgIpc) is 1.89. The number of aliphatic hydroxyl groups is 2. The Hall–Kier alpha value is 0.906. The zero-order valence-corrected chi connectivity index (χ0v) is 8.51. The molecule has 0 saturated heterocycles. The fourth-order valence-electron chi connectivity index (χ4n) is 0. The molecule has 2 atom stereocenters. The molecule has 0 amide bonds. The van der Waals surface area contributed by atoms with Crippen LogP contribution < -0.4 is 0 Å². The first-order valence-electron chi connectivity index (χ1n) is 1.88. The Balaban J connectivity index is -0.000000107. The first-order valence-corrected chi connectivity index (χ1v) is 4.36. The molecule has 0 heterocycles. The van der Waals surface area contributed by atoms with Crippen molar-refractivity contribution in [2.45, 2.75) is 0 Å². The summed E-state index contributed by atoms with van der Waals surface area (Å²) in [5.41, 5.74) is 0. The standard InChI is InChI=1S/2CH4O3S.Mg/c2*2-1-5(3)4;/h2*2H,1H2,(H,3,4);/q;;+2/p-2. The normalized spacial score (nSPS) is 13.5. The first-order chi connectivity index (χ1) is 4.54. The van der Waals surface area contributed by atoms with E-state index in [1.165, 1.54) is 0 Å². The maximum absolute atomic E-state index is 9.12. The second-order valence-electron chi connectivity index (χ2n) is 0.866. The molecule has 0 aromatic heterocycles. The van der Waals surface area contributed by atoms with Gasteiger partial charge in [-0.15, -0.1) is 0 Å². The minimum atomic E-state index is -2.27. The zero-order valence-electron chi connectivity index (χ0n) is 5.47. The predicted octanol–water partition coefficient (Wildman–Crippen LogP) is -2.75. The summed E-state index contributed by atoms with van der Waals surface area (Å²) in [4.78, 5) is 0. The average molecular weight is 215 g/mol. The summed E-state index contributed by atoms with van der Waals surface area (Å²) in [6.45, 7) is 0. The Morgan fingerprint density at radius 1 is 1.00 bits per heavy atom. The summed E-state index contributed by atoms with van der Waals surface area (Å²) < 4.78 is 36.5. The summed E-state index contributed by atoms with van der Waals surface area (Å²) in [6, 6.07) is 0. The molecule has 0 spiro atoms. The van der Waals surface area contributed by atoms with E-state index in [1.807, 2.05) is 0 Å². The Kier molecular flexibility index (Phi) is 21.9. The number of hydrogen-bond donors (Lipinski definition) is 2. The van der Waals surface area contributed by atoms with Gasteiger partial charge in [-0.3, -0.25) is 8.42 Å². The van der Waals surface area contributed by atoms with Gasteiger partial charge in [0.25, 0.3) is 0 Å². The van der Waals surface area contributed by atoms with Gasteiger partial charge in [-0.1, -0.05) is 0 Å². The van der Waals surface area contributed by atoms with Crippen molar-refractivity contribution in [2.24, 2.45) is 0 Å². The van der Waals surface area contributed by atoms with Crippen molar-refractivity contribution in [1.29, 1.82) is 0 Å². The summed E-state index contributed by atoms with van der Waals surface area (Å²) in [5, 5.41) is 15.1. The van der Waals surface area contributed by atoms with Crippen LogP contribution in [-0.2, 0) is 22.2 Å². The van der Waals surface area contributed by atoms with E-state index in [4.69, 9.17) is 27.7 Å². The smallest absolute Gasteiger partial charge is 0.771 e. The van der Waals surface area contributed by atoms with Crippen LogP contribution in [0.2, 0.25) is 0 Å². The van der Waals surface area contributed by atoms with Gasteiger partial charge in [0.2, 0.25) is 0 Å². The minimum Gasteiger partial charge on any atom is -0.771 e. The first kappa shape index (κ1) is 17.9. The van der Waals surface area contributed by atoms with E-state index in [9.17, 15) is 0 Å². The number of aliphatic hydroxyl groups excluding tert-OH is 2. The molecule has 2 unspecified atom stereocenters. The quantitative estimate of drug-likeness (QED) is 0.380. The maximum Gasteiger partial charge on any atom is 2.00 e. The van der Waals surface area contributed by atoms with Gasteiger partial charge in [-0.05, 0) is 22.2 Å². The van der Waals surface area contributed by atoms with Crippen LogP contribution in [0.1, 0.15) is 0 Å². The van der Waals surface area contributed by atoms with Crippen molar-refractivity contribution in [3.05, 3.63) is 0 Å². The second kappa shape index (κ2) is 13.5. The SMILES string of the molecule is O=S([O-])CO.O=S([O-])CO.[Mg+2]. The Bertz CT molecular complexity index is 103. The second-order valence-corrected chi connectivity index (χ2v) is 2.60. The van der Waals surface area contributed by atoms with Gasteiger partial charge in [0, 0.05) is 0 Å². The molecular weight excluding hydrogens is 208 g/mol. The summed E-state index contributed by atoms with van der Waals surface area (Å²) in [5.74, 6) is -1.56. The summed E-state index contributed by atoms with van der Waals surface area (Å²) in [6.07, 6.45) is 0. The van der Waals surface area contributed by atoms with Crippen LogP contribution in [0.4, 0.5) is 0 Å². The molecule has 0 aromatic carbocycles. The topological polar surface area (TPSA) is 121 Å². The fourth-order valence-corrected chi connectivity index (χ4v) is 0. The molecule has 0 bridgehead atoms. The molecule has 0 fully saturated rings. The van der Waals surface area contributed by atoms with Gasteiger partial charge in [0.1, 0.15) is 11.9 Å². The van der Waals surface area contributed by atoms with Crippen molar-refractivity contribution < 1.29 is 27.7 Å². The number of rotatable bonds is 2. The van der Waals surface area contributed by atoms with Gasteiger partial charge in [0.15, 0.2) is 0 Å². The minimum absolute atomic E-state index is 0. The molecule has 64 valence electrons. The van der Waals surface area contributed by atoms with E-state index in [-0.39, 0.29) is 23.1 Å². The van der Waals surface area contributed by atoms with Crippen LogP contribution in [0, 0.1) is 0 Å². The Labute approximate surface area is 84.7 Å². The third-order valence-electron chi connectivity index (χ3n) is 0.211. The molecule has 0 aromatic rings. The fraction of sp³-hybridized carbons (Fsp3) is 1.00. The molecule has 0 saturated carbocycles. The molecule has 0 rings (SSSR count). The van der Waals surface area contributed by atoms with Crippen LogP contribution >= 0.6 is 0 Å². The van der Waals surface area contributed by atoms with E-state index >= 15 is 0 Å². The molecule has 2 N–H and O–H groups in total. The van der Waals surface area contributed by atoms with E-state index in [0.717, 1.165) is 0 Å². The monoisotopic (exact) mass is 214 g/mol. The zero-order chi connectivity index (χ0) is 8.57. The molecule has 0 radical (unpaired) electrons. The third-order valence-corrected chi connectivity index (χ3v) is 0.632. The molecule has 11 heavy (non-hydrogen) atoms. The van der Waals surface area contributed by atoms with Gasteiger partial charge in [-0.25, -0.2) is 0 Å². The molecule has 0 aliphatic carbocycles. The molecular formula is C2H6MgO6S2. The van der Waals surface area contributed by atoms with Crippen LogP contribution in [0.15, 0.2) is 0 Å². The predicted molar refractivity (Wildman–Crippen MR) is 37.8 cm³/mol. The molecule has 9 heteroatoms. The van der Waals surface area contributed by atoms with Crippen LogP contribution in [0.25, 0.3) is 0 Å². The third kappa shape index (κ3) is 35.9. The van der Waals surface area contributed by atoms with Gasteiger partial charge >= 0.3 is 23.1 Å². The molecule has 6 nitrogen and oxygen atoms in total. The van der Waals surface area contributed by atoms with E-state index < -0.39 is 34.0 Å². The molecule has 0 aliphatic rings. The van der Waals surface area contributed by atoms with Crippen LogP contribution in [0.3, 0.4) is 0 Å². The summed E-state index contributed by atoms with van der Waals surface area (Å²) in [7, 11) is 0. The Morgan fingerprint density at radius 2 is 1.09 bits per heavy atom. The van der Waals surface area contributed by atoms with Crippen LogP contribution in [-0.4, -0.2) is 62.7 Å². The van der Waals surface area contributed by atoms with Crippen molar-refractivity contribution in [3.8, 4) is 0 Å². The van der Waals surface area contributed by atoms with Crippen LogP contribution in [0.5, 0.6) is 0 Å². The van der Waals surface area contributed by atoms with E-state index in [0.29, 0.717) is 0 Å². The van der Waals surface area contributed by atoms with Crippen molar-refractivity contribution in [2.75, 3.05) is 11.9 Å².